The Morgan fingerprint density at radius 3 is 2.59 bits per heavy atom. The van der Waals surface area contributed by atoms with E-state index in [2.05, 4.69) is 27.7 Å². The molecule has 0 aromatic rings. The fourth-order valence-electron chi connectivity index (χ4n) is 4.65. The molecule has 0 fully saturated rings. The van der Waals surface area contributed by atoms with Crippen LogP contribution in [0.3, 0.4) is 0 Å². The Morgan fingerprint density at radius 1 is 1.27 bits per heavy atom. The Kier molecular flexibility index (Phi) is 4.89. The van der Waals surface area contributed by atoms with Crippen LogP contribution in [0, 0.1) is 16.7 Å². The summed E-state index contributed by atoms with van der Waals surface area (Å²) in [5, 5.41) is 8.91. The summed E-state index contributed by atoms with van der Waals surface area (Å²) < 4.78 is 0. The number of hydrogen-bond acceptors (Lipinski definition) is 1. The predicted molar refractivity (Wildman–Crippen MR) is 91.8 cm³/mol. The van der Waals surface area contributed by atoms with E-state index in [0.29, 0.717) is 11.3 Å². The lowest BCUT2D eigenvalue weighted by atomic mass is 9.55. The van der Waals surface area contributed by atoms with Crippen molar-refractivity contribution in [2.24, 2.45) is 16.7 Å². The topological polar surface area (TPSA) is 37.3 Å². The maximum Gasteiger partial charge on any atom is 0.328 e. The minimum absolute atomic E-state index is 0.249. The SMILES string of the molecule is C/C(=C\C(=O)O)CC[C@]1(C)C2=C(CC[C@H]1C)C(C)(C)CCC2. The fourth-order valence-corrected chi connectivity index (χ4v) is 4.65. The summed E-state index contributed by atoms with van der Waals surface area (Å²) in [5.74, 6) is -0.129. The van der Waals surface area contributed by atoms with Gasteiger partial charge < -0.3 is 5.11 Å². The lowest BCUT2D eigenvalue weighted by Crippen LogP contribution is -2.37. The molecule has 0 aliphatic heterocycles. The quantitative estimate of drug-likeness (QED) is 0.531. The summed E-state index contributed by atoms with van der Waals surface area (Å²) in [5.41, 5.74) is 5.04. The van der Waals surface area contributed by atoms with Crippen LogP contribution in [0.15, 0.2) is 22.8 Å². The zero-order chi connectivity index (χ0) is 16.5. The molecule has 2 heteroatoms. The first kappa shape index (κ1) is 17.3. The molecule has 1 N–H and O–H groups in total. The first-order valence-corrected chi connectivity index (χ1v) is 8.80. The molecule has 2 aliphatic rings. The van der Waals surface area contributed by atoms with Crippen LogP contribution in [-0.4, -0.2) is 11.1 Å². The number of aliphatic carboxylic acids is 1. The van der Waals surface area contributed by atoms with Gasteiger partial charge in [-0.15, -0.1) is 0 Å². The van der Waals surface area contributed by atoms with Crippen molar-refractivity contribution in [1.82, 2.24) is 0 Å². The molecule has 2 nitrogen and oxygen atoms in total. The molecule has 0 radical (unpaired) electrons. The number of hydrogen-bond donors (Lipinski definition) is 1. The van der Waals surface area contributed by atoms with Crippen LogP contribution in [0.2, 0.25) is 0 Å². The van der Waals surface area contributed by atoms with Crippen LogP contribution in [0.25, 0.3) is 0 Å². The van der Waals surface area contributed by atoms with Gasteiger partial charge in [0.15, 0.2) is 0 Å². The van der Waals surface area contributed by atoms with Gasteiger partial charge in [0.1, 0.15) is 0 Å². The second kappa shape index (κ2) is 6.22. The molecule has 0 amide bonds. The van der Waals surface area contributed by atoms with E-state index in [0.717, 1.165) is 18.4 Å². The Bertz CT molecular complexity index is 510. The molecule has 0 unspecified atom stereocenters. The van der Waals surface area contributed by atoms with E-state index in [1.54, 1.807) is 11.1 Å². The maximum absolute atomic E-state index is 10.8. The molecule has 0 aromatic carbocycles. The molecular weight excluding hydrogens is 272 g/mol. The van der Waals surface area contributed by atoms with Crippen molar-refractivity contribution in [2.45, 2.75) is 79.6 Å². The van der Waals surface area contributed by atoms with Crippen LogP contribution < -0.4 is 0 Å². The van der Waals surface area contributed by atoms with Crippen molar-refractivity contribution in [3.63, 3.8) is 0 Å². The van der Waals surface area contributed by atoms with Crippen molar-refractivity contribution in [2.75, 3.05) is 0 Å². The number of carboxylic acids is 1. The van der Waals surface area contributed by atoms with Gasteiger partial charge in [0, 0.05) is 6.08 Å². The Morgan fingerprint density at radius 2 is 1.95 bits per heavy atom. The highest BCUT2D eigenvalue weighted by atomic mass is 16.4. The van der Waals surface area contributed by atoms with Gasteiger partial charge >= 0.3 is 5.97 Å². The Labute approximate surface area is 135 Å². The van der Waals surface area contributed by atoms with Crippen LogP contribution in [-0.2, 0) is 4.79 Å². The van der Waals surface area contributed by atoms with Gasteiger partial charge in [0.05, 0.1) is 0 Å². The highest BCUT2D eigenvalue weighted by Crippen LogP contribution is 2.56. The number of allylic oxidation sites excluding steroid dienone is 3. The summed E-state index contributed by atoms with van der Waals surface area (Å²) in [7, 11) is 0. The molecule has 0 bridgehead atoms. The molecule has 2 rings (SSSR count). The summed E-state index contributed by atoms with van der Waals surface area (Å²) >= 11 is 0. The van der Waals surface area contributed by atoms with Gasteiger partial charge in [0.2, 0.25) is 0 Å². The van der Waals surface area contributed by atoms with Crippen molar-refractivity contribution in [3.05, 3.63) is 22.8 Å². The van der Waals surface area contributed by atoms with Crippen molar-refractivity contribution < 1.29 is 9.90 Å². The average Bonchev–Trinajstić information content (AvgIpc) is 2.40. The van der Waals surface area contributed by atoms with E-state index >= 15 is 0 Å². The summed E-state index contributed by atoms with van der Waals surface area (Å²) in [6.45, 7) is 11.6. The minimum Gasteiger partial charge on any atom is -0.478 e. The molecule has 2 aliphatic carbocycles. The van der Waals surface area contributed by atoms with E-state index in [4.69, 9.17) is 5.11 Å². The molecular formula is C20H32O2. The van der Waals surface area contributed by atoms with Crippen LogP contribution in [0.5, 0.6) is 0 Å². The monoisotopic (exact) mass is 304 g/mol. The molecule has 124 valence electrons. The molecule has 0 saturated heterocycles. The van der Waals surface area contributed by atoms with Gasteiger partial charge in [-0.05, 0) is 68.6 Å². The predicted octanol–water partition coefficient (Wildman–Crippen LogP) is 5.74. The third-order valence-electron chi connectivity index (χ3n) is 6.42. The molecule has 0 spiro atoms. The van der Waals surface area contributed by atoms with E-state index in [1.807, 2.05) is 6.92 Å². The zero-order valence-corrected chi connectivity index (χ0v) is 15.0. The lowest BCUT2D eigenvalue weighted by molar-refractivity contribution is -0.131. The van der Waals surface area contributed by atoms with Crippen molar-refractivity contribution >= 4 is 5.97 Å². The highest BCUT2D eigenvalue weighted by molar-refractivity contribution is 5.80. The Hall–Kier alpha value is -1.05. The second-order valence-electron chi connectivity index (χ2n) is 8.38. The Balaban J connectivity index is 2.27. The first-order chi connectivity index (χ1) is 10.2. The molecule has 2 atom stereocenters. The average molecular weight is 304 g/mol. The standard InChI is InChI=1S/C20H32O2/c1-14(13-18(21)22)10-12-20(5)15(2)8-9-16-17(20)7-6-11-19(16,3)4/h13,15H,6-12H2,1-5H3,(H,21,22)/b14-13+/t15-,20+/m1/s1. The smallest absolute Gasteiger partial charge is 0.328 e. The van der Waals surface area contributed by atoms with Gasteiger partial charge in [0.25, 0.3) is 0 Å². The highest BCUT2D eigenvalue weighted by Gasteiger charge is 2.43. The molecule has 0 saturated carbocycles. The minimum atomic E-state index is -0.821. The second-order valence-corrected chi connectivity index (χ2v) is 8.38. The number of rotatable bonds is 4. The van der Waals surface area contributed by atoms with Gasteiger partial charge in [-0.1, -0.05) is 44.4 Å². The molecule has 22 heavy (non-hydrogen) atoms. The molecule has 0 aromatic heterocycles. The number of carboxylic acid groups (broad SMARTS) is 1. The largest absolute Gasteiger partial charge is 0.478 e. The van der Waals surface area contributed by atoms with E-state index in [9.17, 15) is 4.79 Å². The van der Waals surface area contributed by atoms with E-state index in [-0.39, 0.29) is 5.41 Å². The lowest BCUT2D eigenvalue weighted by Gasteiger charge is -2.50. The van der Waals surface area contributed by atoms with Crippen molar-refractivity contribution in [3.8, 4) is 0 Å². The third-order valence-corrected chi connectivity index (χ3v) is 6.42. The van der Waals surface area contributed by atoms with Crippen LogP contribution >= 0.6 is 0 Å². The molecule has 0 heterocycles. The summed E-state index contributed by atoms with van der Waals surface area (Å²) in [6, 6.07) is 0. The van der Waals surface area contributed by atoms with Gasteiger partial charge in [-0.3, -0.25) is 0 Å². The normalized spacial score (nSPS) is 31.9. The van der Waals surface area contributed by atoms with Crippen molar-refractivity contribution in [1.29, 1.82) is 0 Å². The van der Waals surface area contributed by atoms with Gasteiger partial charge in [-0.2, -0.15) is 0 Å². The van der Waals surface area contributed by atoms with Gasteiger partial charge in [-0.25, -0.2) is 4.79 Å². The van der Waals surface area contributed by atoms with E-state index in [1.165, 1.54) is 38.2 Å². The van der Waals surface area contributed by atoms with Crippen LogP contribution in [0.4, 0.5) is 0 Å². The third kappa shape index (κ3) is 3.31. The fraction of sp³-hybridized carbons (Fsp3) is 0.750. The zero-order valence-electron chi connectivity index (χ0n) is 15.0. The van der Waals surface area contributed by atoms with E-state index < -0.39 is 5.97 Å². The summed E-state index contributed by atoms with van der Waals surface area (Å²) in [4.78, 5) is 10.8. The number of carbonyl (C=O) groups is 1. The maximum atomic E-state index is 10.8. The van der Waals surface area contributed by atoms with Crippen LogP contribution in [0.1, 0.15) is 79.6 Å². The summed E-state index contributed by atoms with van der Waals surface area (Å²) in [6.07, 6.45) is 9.76. The first-order valence-electron chi connectivity index (χ1n) is 8.80.